The van der Waals surface area contributed by atoms with Crippen LogP contribution in [0.25, 0.3) is 0 Å². The maximum Gasteiger partial charge on any atom is 0.415 e. The van der Waals surface area contributed by atoms with E-state index in [0.29, 0.717) is 12.5 Å². The zero-order valence-corrected chi connectivity index (χ0v) is 8.36. The molecule has 84 valence electrons. The molecule has 5 heteroatoms. The van der Waals surface area contributed by atoms with E-state index in [9.17, 15) is 13.2 Å². The lowest BCUT2D eigenvalue weighted by Crippen LogP contribution is -2.39. The number of halogens is 3. The summed E-state index contributed by atoms with van der Waals surface area (Å²) in [7, 11) is 0. The van der Waals surface area contributed by atoms with Crippen molar-refractivity contribution < 1.29 is 18.3 Å². The first kappa shape index (κ1) is 11.8. The molecule has 0 aromatic carbocycles. The van der Waals surface area contributed by atoms with Crippen molar-refractivity contribution in [1.29, 1.82) is 0 Å². The summed E-state index contributed by atoms with van der Waals surface area (Å²) in [5.41, 5.74) is 0.260. The third-order valence-corrected chi connectivity index (χ3v) is 2.82. The highest BCUT2D eigenvalue weighted by Gasteiger charge is 2.45. The second-order valence-electron chi connectivity index (χ2n) is 4.61. The molecule has 0 amide bonds. The molecule has 2 atom stereocenters. The number of hydrogen-bond acceptors (Lipinski definition) is 2. The number of hydrogen-bond donors (Lipinski definition) is 2. The molecule has 0 aromatic rings. The van der Waals surface area contributed by atoms with Crippen LogP contribution in [0.2, 0.25) is 0 Å². The lowest BCUT2D eigenvalue weighted by molar-refractivity contribution is -0.201. The molecule has 0 heterocycles. The van der Waals surface area contributed by atoms with Crippen LogP contribution in [0.15, 0.2) is 0 Å². The Bertz CT molecular complexity index is 203. The van der Waals surface area contributed by atoms with Crippen molar-refractivity contribution in [2.75, 3.05) is 13.1 Å². The van der Waals surface area contributed by atoms with Gasteiger partial charge >= 0.3 is 6.18 Å². The van der Waals surface area contributed by atoms with Gasteiger partial charge in [0.25, 0.3) is 0 Å². The first-order valence-electron chi connectivity index (χ1n) is 4.69. The van der Waals surface area contributed by atoms with E-state index in [0.717, 1.165) is 6.42 Å². The lowest BCUT2D eigenvalue weighted by atomic mass is 10.1. The van der Waals surface area contributed by atoms with Gasteiger partial charge in [0.15, 0.2) is 6.10 Å². The van der Waals surface area contributed by atoms with E-state index >= 15 is 0 Å². The standard InChI is InChI=1S/C9H16F3NO/c1-8(2)3-6(8)4-13-5-7(14)9(10,11)12/h6-7,13-14H,3-5H2,1-2H3. The number of aliphatic hydroxyl groups excluding tert-OH is 1. The number of rotatable bonds is 4. The van der Waals surface area contributed by atoms with Gasteiger partial charge in [-0.2, -0.15) is 13.2 Å². The summed E-state index contributed by atoms with van der Waals surface area (Å²) in [4.78, 5) is 0. The molecule has 1 aliphatic rings. The zero-order valence-electron chi connectivity index (χ0n) is 8.36. The summed E-state index contributed by atoms with van der Waals surface area (Å²) in [6.45, 7) is 4.31. The van der Waals surface area contributed by atoms with E-state index in [2.05, 4.69) is 19.2 Å². The van der Waals surface area contributed by atoms with Crippen LogP contribution in [0, 0.1) is 11.3 Å². The second-order valence-corrected chi connectivity index (χ2v) is 4.61. The van der Waals surface area contributed by atoms with Crippen LogP contribution in [0.4, 0.5) is 13.2 Å². The minimum atomic E-state index is -4.51. The Hall–Kier alpha value is -0.290. The molecule has 0 radical (unpaired) electrons. The number of aliphatic hydroxyl groups is 1. The second kappa shape index (κ2) is 3.70. The summed E-state index contributed by atoms with van der Waals surface area (Å²) in [5, 5.41) is 11.3. The van der Waals surface area contributed by atoms with Crippen LogP contribution < -0.4 is 5.32 Å². The van der Waals surface area contributed by atoms with Crippen molar-refractivity contribution >= 4 is 0 Å². The first-order chi connectivity index (χ1) is 6.23. The lowest BCUT2D eigenvalue weighted by Gasteiger charge is -2.15. The minimum Gasteiger partial charge on any atom is -0.382 e. The van der Waals surface area contributed by atoms with Gasteiger partial charge in [-0.25, -0.2) is 0 Å². The summed E-state index contributed by atoms with van der Waals surface area (Å²) < 4.78 is 35.6. The van der Waals surface area contributed by atoms with Crippen LogP contribution in [-0.4, -0.2) is 30.5 Å². The average Bonchev–Trinajstić information content (AvgIpc) is 2.57. The van der Waals surface area contributed by atoms with Crippen LogP contribution >= 0.6 is 0 Å². The molecular formula is C9H16F3NO. The van der Waals surface area contributed by atoms with Gasteiger partial charge < -0.3 is 10.4 Å². The molecule has 2 unspecified atom stereocenters. The molecule has 0 spiro atoms. The van der Waals surface area contributed by atoms with Crippen LogP contribution in [0.3, 0.4) is 0 Å². The van der Waals surface area contributed by atoms with Gasteiger partial charge in [0, 0.05) is 6.54 Å². The highest BCUT2D eigenvalue weighted by molar-refractivity contribution is 4.96. The van der Waals surface area contributed by atoms with Gasteiger partial charge in [0.1, 0.15) is 0 Å². The van der Waals surface area contributed by atoms with Gasteiger partial charge in [0.2, 0.25) is 0 Å². The van der Waals surface area contributed by atoms with E-state index in [1.807, 2.05) is 0 Å². The topological polar surface area (TPSA) is 32.3 Å². The van der Waals surface area contributed by atoms with Crippen molar-refractivity contribution in [2.45, 2.75) is 32.5 Å². The zero-order chi connectivity index (χ0) is 11.0. The number of nitrogens with one attached hydrogen (secondary N) is 1. The summed E-state index contributed by atoms with van der Waals surface area (Å²) >= 11 is 0. The van der Waals surface area contributed by atoms with Gasteiger partial charge in [0.05, 0.1) is 0 Å². The Balaban J connectivity index is 2.11. The molecule has 2 N–H and O–H groups in total. The molecule has 0 bridgehead atoms. The third-order valence-electron chi connectivity index (χ3n) is 2.82. The Kier molecular flexibility index (Phi) is 3.11. The number of alkyl halides is 3. The highest BCUT2D eigenvalue weighted by Crippen LogP contribution is 2.50. The molecule has 1 aliphatic carbocycles. The Morgan fingerprint density at radius 1 is 1.50 bits per heavy atom. The van der Waals surface area contributed by atoms with Gasteiger partial charge in [-0.1, -0.05) is 13.8 Å². The Morgan fingerprint density at radius 3 is 2.36 bits per heavy atom. The normalized spacial score (nSPS) is 27.4. The Labute approximate surface area is 81.5 Å². The molecule has 0 aromatic heterocycles. The predicted octanol–water partition coefficient (Wildman–Crippen LogP) is 1.55. The van der Waals surface area contributed by atoms with Crippen molar-refractivity contribution in [2.24, 2.45) is 11.3 Å². The van der Waals surface area contributed by atoms with E-state index in [1.165, 1.54) is 0 Å². The SMILES string of the molecule is CC1(C)CC1CNCC(O)C(F)(F)F. The molecule has 1 saturated carbocycles. The van der Waals surface area contributed by atoms with Crippen LogP contribution in [0.5, 0.6) is 0 Å². The van der Waals surface area contributed by atoms with Gasteiger partial charge in [-0.3, -0.25) is 0 Å². The molecule has 0 saturated heterocycles. The van der Waals surface area contributed by atoms with Crippen molar-refractivity contribution in [3.8, 4) is 0 Å². The first-order valence-corrected chi connectivity index (χ1v) is 4.69. The average molecular weight is 211 g/mol. The Morgan fingerprint density at radius 2 is 2.00 bits per heavy atom. The molecule has 1 fully saturated rings. The summed E-state index contributed by atoms with van der Waals surface area (Å²) in [6, 6.07) is 0. The smallest absolute Gasteiger partial charge is 0.382 e. The maximum atomic E-state index is 11.9. The molecule has 14 heavy (non-hydrogen) atoms. The van der Waals surface area contributed by atoms with Crippen molar-refractivity contribution in [1.82, 2.24) is 5.32 Å². The summed E-state index contributed by atoms with van der Waals surface area (Å²) in [5.74, 6) is 0.447. The van der Waals surface area contributed by atoms with E-state index in [1.54, 1.807) is 0 Å². The van der Waals surface area contributed by atoms with Crippen LogP contribution in [-0.2, 0) is 0 Å². The highest BCUT2D eigenvalue weighted by atomic mass is 19.4. The summed E-state index contributed by atoms with van der Waals surface area (Å²) in [6.07, 6.45) is -5.71. The third kappa shape index (κ3) is 3.13. The fourth-order valence-corrected chi connectivity index (χ4v) is 1.43. The van der Waals surface area contributed by atoms with E-state index in [-0.39, 0.29) is 5.41 Å². The van der Waals surface area contributed by atoms with Gasteiger partial charge in [-0.05, 0) is 24.3 Å². The fourth-order valence-electron chi connectivity index (χ4n) is 1.43. The van der Waals surface area contributed by atoms with Crippen LogP contribution in [0.1, 0.15) is 20.3 Å². The predicted molar refractivity (Wildman–Crippen MR) is 46.8 cm³/mol. The molecule has 2 nitrogen and oxygen atoms in total. The van der Waals surface area contributed by atoms with Crippen molar-refractivity contribution in [3.05, 3.63) is 0 Å². The molecule has 1 rings (SSSR count). The van der Waals surface area contributed by atoms with Gasteiger partial charge in [-0.15, -0.1) is 0 Å². The van der Waals surface area contributed by atoms with E-state index < -0.39 is 18.8 Å². The fraction of sp³-hybridized carbons (Fsp3) is 1.00. The molecule has 0 aliphatic heterocycles. The minimum absolute atomic E-state index is 0.260. The maximum absolute atomic E-state index is 11.9. The monoisotopic (exact) mass is 211 g/mol. The van der Waals surface area contributed by atoms with Crippen molar-refractivity contribution in [3.63, 3.8) is 0 Å². The van der Waals surface area contributed by atoms with E-state index in [4.69, 9.17) is 5.11 Å². The largest absolute Gasteiger partial charge is 0.415 e. The molecular weight excluding hydrogens is 195 g/mol. The quantitative estimate of drug-likeness (QED) is 0.739.